The van der Waals surface area contributed by atoms with E-state index in [9.17, 15) is 9.18 Å². The van der Waals surface area contributed by atoms with Crippen LogP contribution >= 0.6 is 0 Å². The van der Waals surface area contributed by atoms with Gasteiger partial charge in [0.15, 0.2) is 6.61 Å². The monoisotopic (exact) mass is 404 g/mol. The predicted molar refractivity (Wildman–Crippen MR) is 117 cm³/mol. The molecule has 1 N–H and O–H groups in total. The van der Waals surface area contributed by atoms with Gasteiger partial charge in [-0.1, -0.05) is 42.0 Å². The van der Waals surface area contributed by atoms with E-state index in [1.165, 1.54) is 30.5 Å². The Morgan fingerprint density at radius 3 is 2.77 bits per heavy atom. The summed E-state index contributed by atoms with van der Waals surface area (Å²) < 4.78 is 19.6. The Balaban J connectivity index is 1.46. The van der Waals surface area contributed by atoms with Crippen LogP contribution in [0.2, 0.25) is 0 Å². The lowest BCUT2D eigenvalue weighted by molar-refractivity contribution is -0.123. The number of hydrogen-bond acceptors (Lipinski definition) is 3. The van der Waals surface area contributed by atoms with Crippen LogP contribution in [0.15, 0.2) is 66.2 Å². The molecule has 4 nitrogen and oxygen atoms in total. The largest absolute Gasteiger partial charge is 0.483 e. The van der Waals surface area contributed by atoms with Crippen molar-refractivity contribution in [1.82, 2.24) is 10.3 Å². The number of halogens is 1. The van der Waals surface area contributed by atoms with Gasteiger partial charge in [-0.3, -0.25) is 4.79 Å². The Morgan fingerprint density at radius 2 is 1.97 bits per heavy atom. The summed E-state index contributed by atoms with van der Waals surface area (Å²) in [5, 5.41) is 3.46. The van der Waals surface area contributed by atoms with Crippen LogP contribution in [0.1, 0.15) is 32.1 Å². The summed E-state index contributed by atoms with van der Waals surface area (Å²) in [6.45, 7) is 0.484. The van der Waals surface area contributed by atoms with Crippen molar-refractivity contribution in [3.05, 3.63) is 72.1 Å². The van der Waals surface area contributed by atoms with E-state index in [0.717, 1.165) is 24.8 Å². The standard InChI is InChI=1S/C25H25FN2O2/c26-20-11-12-22-21(15-20)24(16-23(28-22)19-9-5-2-6-10-19)30-17-25(29)27-14-13-18-7-3-1-4-8-18/h2,5-7,9-12,15-16H,1,3-4,8,13-14,17H2,(H,27,29). The molecule has 5 heteroatoms. The molecular formula is C25H25FN2O2. The zero-order chi connectivity index (χ0) is 20.8. The zero-order valence-electron chi connectivity index (χ0n) is 16.9. The second kappa shape index (κ2) is 9.53. The van der Waals surface area contributed by atoms with Crippen LogP contribution in [0, 0.1) is 5.82 Å². The number of nitrogens with one attached hydrogen (secondary N) is 1. The lowest BCUT2D eigenvalue weighted by Gasteiger charge is -2.14. The van der Waals surface area contributed by atoms with Crippen molar-refractivity contribution in [2.24, 2.45) is 0 Å². The fourth-order valence-corrected chi connectivity index (χ4v) is 3.73. The number of aromatic nitrogens is 1. The van der Waals surface area contributed by atoms with E-state index < -0.39 is 0 Å². The number of ether oxygens (including phenoxy) is 1. The maximum Gasteiger partial charge on any atom is 0.257 e. The summed E-state index contributed by atoms with van der Waals surface area (Å²) in [5.41, 5.74) is 3.69. The normalized spacial score (nSPS) is 13.7. The number of pyridine rings is 1. The Bertz CT molecular complexity index is 1060. The molecule has 3 aromatic rings. The summed E-state index contributed by atoms with van der Waals surface area (Å²) in [5.74, 6) is -0.107. The van der Waals surface area contributed by atoms with Gasteiger partial charge in [0, 0.05) is 23.6 Å². The number of nitrogens with zero attached hydrogens (tertiary/aromatic N) is 1. The van der Waals surface area contributed by atoms with Gasteiger partial charge in [0.05, 0.1) is 11.2 Å². The predicted octanol–water partition coefficient (Wildman–Crippen LogP) is 5.43. The van der Waals surface area contributed by atoms with Gasteiger partial charge in [0.1, 0.15) is 11.6 Å². The number of carbonyl (C=O) groups excluding carboxylic acids is 1. The zero-order valence-corrected chi connectivity index (χ0v) is 16.9. The average Bonchev–Trinajstić information content (AvgIpc) is 2.79. The highest BCUT2D eigenvalue weighted by atomic mass is 19.1. The number of carbonyl (C=O) groups is 1. The molecule has 2 aromatic carbocycles. The third kappa shape index (κ3) is 5.03. The van der Waals surface area contributed by atoms with Gasteiger partial charge in [0.2, 0.25) is 0 Å². The number of amides is 1. The first-order chi connectivity index (χ1) is 14.7. The van der Waals surface area contributed by atoms with Crippen LogP contribution in [0.4, 0.5) is 4.39 Å². The molecule has 1 heterocycles. The van der Waals surface area contributed by atoms with Crippen molar-refractivity contribution in [3.63, 3.8) is 0 Å². The van der Waals surface area contributed by atoms with E-state index >= 15 is 0 Å². The second-order valence-electron chi connectivity index (χ2n) is 7.53. The van der Waals surface area contributed by atoms with Gasteiger partial charge >= 0.3 is 0 Å². The van der Waals surface area contributed by atoms with E-state index in [-0.39, 0.29) is 18.3 Å². The Labute approximate surface area is 175 Å². The van der Waals surface area contributed by atoms with Gasteiger partial charge < -0.3 is 10.1 Å². The molecule has 0 saturated heterocycles. The topological polar surface area (TPSA) is 51.2 Å². The van der Waals surface area contributed by atoms with Crippen molar-refractivity contribution in [1.29, 1.82) is 0 Å². The third-order valence-corrected chi connectivity index (χ3v) is 5.31. The van der Waals surface area contributed by atoms with Crippen molar-refractivity contribution < 1.29 is 13.9 Å². The van der Waals surface area contributed by atoms with E-state index in [0.29, 0.717) is 28.9 Å². The molecule has 0 saturated carbocycles. The Hall–Kier alpha value is -3.21. The maximum absolute atomic E-state index is 13.8. The molecule has 0 bridgehead atoms. The highest BCUT2D eigenvalue weighted by Crippen LogP contribution is 2.30. The summed E-state index contributed by atoms with van der Waals surface area (Å²) in [7, 11) is 0. The van der Waals surface area contributed by atoms with Crippen molar-refractivity contribution >= 4 is 16.8 Å². The van der Waals surface area contributed by atoms with E-state index in [4.69, 9.17) is 4.74 Å². The molecular weight excluding hydrogens is 379 g/mol. The molecule has 4 rings (SSSR count). The summed E-state index contributed by atoms with van der Waals surface area (Å²) in [4.78, 5) is 16.9. The van der Waals surface area contributed by atoms with Crippen LogP contribution < -0.4 is 10.1 Å². The molecule has 1 aliphatic carbocycles. The quantitative estimate of drug-likeness (QED) is 0.535. The van der Waals surface area contributed by atoms with E-state index in [1.807, 2.05) is 30.3 Å². The minimum Gasteiger partial charge on any atom is -0.483 e. The SMILES string of the molecule is O=C(COc1cc(-c2ccccc2)nc2ccc(F)cc12)NCCC1=CCCCC1. The molecule has 0 atom stereocenters. The van der Waals surface area contributed by atoms with E-state index in [2.05, 4.69) is 16.4 Å². The maximum atomic E-state index is 13.8. The number of hydrogen-bond donors (Lipinski definition) is 1. The lowest BCUT2D eigenvalue weighted by atomic mass is 9.97. The molecule has 1 aliphatic rings. The average molecular weight is 404 g/mol. The molecule has 154 valence electrons. The van der Waals surface area contributed by atoms with Crippen LogP contribution in [-0.4, -0.2) is 24.0 Å². The summed E-state index contributed by atoms with van der Waals surface area (Å²) in [6.07, 6.45) is 7.93. The van der Waals surface area contributed by atoms with Crippen LogP contribution in [0.25, 0.3) is 22.2 Å². The summed E-state index contributed by atoms with van der Waals surface area (Å²) >= 11 is 0. The number of fused-ring (bicyclic) bond motifs is 1. The first-order valence-corrected chi connectivity index (χ1v) is 10.4. The third-order valence-electron chi connectivity index (χ3n) is 5.31. The van der Waals surface area contributed by atoms with Crippen molar-refractivity contribution in [2.75, 3.05) is 13.2 Å². The fourth-order valence-electron chi connectivity index (χ4n) is 3.73. The first kappa shape index (κ1) is 20.1. The van der Waals surface area contributed by atoms with Crippen LogP contribution in [0.5, 0.6) is 5.75 Å². The van der Waals surface area contributed by atoms with Gasteiger partial charge in [-0.15, -0.1) is 0 Å². The van der Waals surface area contributed by atoms with Gasteiger partial charge in [-0.25, -0.2) is 9.37 Å². The lowest BCUT2D eigenvalue weighted by Crippen LogP contribution is -2.30. The summed E-state index contributed by atoms with van der Waals surface area (Å²) in [6, 6.07) is 15.9. The number of benzene rings is 2. The van der Waals surface area contributed by atoms with Crippen LogP contribution in [-0.2, 0) is 4.79 Å². The van der Waals surface area contributed by atoms with Crippen molar-refractivity contribution in [3.8, 4) is 17.0 Å². The molecule has 30 heavy (non-hydrogen) atoms. The van der Waals surface area contributed by atoms with E-state index in [1.54, 1.807) is 12.1 Å². The molecule has 0 spiro atoms. The molecule has 0 fully saturated rings. The number of allylic oxidation sites excluding steroid dienone is 1. The highest BCUT2D eigenvalue weighted by Gasteiger charge is 2.12. The fraction of sp³-hybridized carbons (Fsp3) is 0.280. The Kier molecular flexibility index (Phi) is 6.38. The van der Waals surface area contributed by atoms with Gasteiger partial charge in [-0.2, -0.15) is 0 Å². The molecule has 1 amide bonds. The van der Waals surface area contributed by atoms with Crippen LogP contribution in [0.3, 0.4) is 0 Å². The minimum atomic E-state index is -0.369. The molecule has 1 aromatic heterocycles. The smallest absolute Gasteiger partial charge is 0.257 e. The van der Waals surface area contributed by atoms with Gasteiger partial charge in [0.25, 0.3) is 5.91 Å². The first-order valence-electron chi connectivity index (χ1n) is 10.4. The molecule has 0 unspecified atom stereocenters. The molecule has 0 radical (unpaired) electrons. The minimum absolute atomic E-state index is 0.122. The highest BCUT2D eigenvalue weighted by molar-refractivity contribution is 5.88. The molecule has 0 aliphatic heterocycles. The second-order valence-corrected chi connectivity index (χ2v) is 7.53. The van der Waals surface area contributed by atoms with Gasteiger partial charge in [-0.05, 0) is 50.3 Å². The Morgan fingerprint density at radius 1 is 1.10 bits per heavy atom. The number of rotatable bonds is 7. The van der Waals surface area contributed by atoms with Crippen molar-refractivity contribution in [2.45, 2.75) is 32.1 Å².